The fourth-order valence-electron chi connectivity index (χ4n) is 8.98. The summed E-state index contributed by atoms with van der Waals surface area (Å²) in [6.45, 7) is 0. The van der Waals surface area contributed by atoms with Gasteiger partial charge in [-0.2, -0.15) is 0 Å². The van der Waals surface area contributed by atoms with Crippen molar-refractivity contribution in [2.75, 3.05) is 4.90 Å². The topological polar surface area (TPSA) is 8.17 Å². The summed E-state index contributed by atoms with van der Waals surface area (Å²) in [5.74, 6) is 0. The lowest BCUT2D eigenvalue weighted by Gasteiger charge is -2.28. The van der Waals surface area contributed by atoms with Crippen molar-refractivity contribution < 1.29 is 0 Å². The summed E-state index contributed by atoms with van der Waals surface area (Å²) in [7, 11) is 0. The van der Waals surface area contributed by atoms with E-state index >= 15 is 0 Å². The van der Waals surface area contributed by atoms with Gasteiger partial charge in [-0.15, -0.1) is 0 Å². The number of anilines is 3. The quantitative estimate of drug-likeness (QED) is 0.150. The van der Waals surface area contributed by atoms with Gasteiger partial charge in [0.2, 0.25) is 0 Å². The molecule has 1 heterocycles. The number of rotatable bonds is 8. The van der Waals surface area contributed by atoms with Crippen LogP contribution in [0.2, 0.25) is 0 Å². The molecule has 0 saturated heterocycles. The van der Waals surface area contributed by atoms with Gasteiger partial charge in [0.15, 0.2) is 0 Å². The smallest absolute Gasteiger partial charge is 0.0547 e. The molecule has 0 aliphatic rings. The van der Waals surface area contributed by atoms with Crippen molar-refractivity contribution in [3.8, 4) is 50.2 Å². The summed E-state index contributed by atoms with van der Waals surface area (Å²) < 4.78 is 2.41. The molecule has 60 heavy (non-hydrogen) atoms. The Bertz CT molecular complexity index is 3270. The predicted molar refractivity (Wildman–Crippen MR) is 255 cm³/mol. The highest BCUT2D eigenvalue weighted by Crippen LogP contribution is 2.43. The molecule has 0 saturated carbocycles. The van der Waals surface area contributed by atoms with E-state index < -0.39 is 0 Å². The fraction of sp³-hybridized carbons (Fsp3) is 0. The lowest BCUT2D eigenvalue weighted by Crippen LogP contribution is -2.11. The molecule has 282 valence electrons. The van der Waals surface area contributed by atoms with Gasteiger partial charge in [0.1, 0.15) is 0 Å². The van der Waals surface area contributed by atoms with Crippen molar-refractivity contribution in [1.82, 2.24) is 4.57 Å². The second-order valence-electron chi connectivity index (χ2n) is 15.3. The van der Waals surface area contributed by atoms with Gasteiger partial charge in [0.25, 0.3) is 0 Å². The van der Waals surface area contributed by atoms with E-state index in [1.807, 2.05) is 0 Å². The third kappa shape index (κ3) is 6.23. The Labute approximate surface area is 350 Å². The Morgan fingerprint density at radius 2 is 0.750 bits per heavy atom. The number of hydrogen-bond acceptors (Lipinski definition) is 1. The van der Waals surface area contributed by atoms with Crippen LogP contribution >= 0.6 is 0 Å². The Kier molecular flexibility index (Phi) is 8.87. The van der Waals surface area contributed by atoms with Crippen LogP contribution < -0.4 is 4.90 Å². The van der Waals surface area contributed by atoms with E-state index in [9.17, 15) is 0 Å². The number of benzene rings is 10. The van der Waals surface area contributed by atoms with Crippen LogP contribution in [-0.2, 0) is 0 Å². The predicted octanol–water partition coefficient (Wildman–Crippen LogP) is 16.1. The first-order valence-corrected chi connectivity index (χ1v) is 20.6. The minimum Gasteiger partial charge on any atom is -0.310 e. The molecular weight excluding hydrogens is 725 g/mol. The maximum Gasteiger partial charge on any atom is 0.0547 e. The van der Waals surface area contributed by atoms with Crippen LogP contribution in [0.3, 0.4) is 0 Å². The lowest BCUT2D eigenvalue weighted by molar-refractivity contribution is 1.18. The molecule has 0 unspecified atom stereocenters. The molecule has 0 aliphatic heterocycles. The molecule has 0 spiro atoms. The molecule has 11 rings (SSSR count). The molecule has 0 atom stereocenters. The second-order valence-corrected chi connectivity index (χ2v) is 15.3. The van der Waals surface area contributed by atoms with Gasteiger partial charge in [0.05, 0.1) is 16.7 Å². The molecular formula is C58H40N2. The van der Waals surface area contributed by atoms with Crippen LogP contribution in [0, 0.1) is 0 Å². The molecule has 11 aromatic rings. The van der Waals surface area contributed by atoms with E-state index in [1.54, 1.807) is 0 Å². The highest BCUT2D eigenvalue weighted by molar-refractivity contribution is 6.21. The highest BCUT2D eigenvalue weighted by atomic mass is 15.1. The first kappa shape index (κ1) is 35.2. The molecule has 1 aromatic heterocycles. The van der Waals surface area contributed by atoms with Crippen LogP contribution in [-0.4, -0.2) is 4.57 Å². The third-order valence-corrected chi connectivity index (χ3v) is 11.8. The van der Waals surface area contributed by atoms with Crippen LogP contribution in [0.1, 0.15) is 0 Å². The third-order valence-electron chi connectivity index (χ3n) is 11.8. The largest absolute Gasteiger partial charge is 0.310 e. The number of hydrogen-bond donors (Lipinski definition) is 0. The minimum atomic E-state index is 1.09. The monoisotopic (exact) mass is 764 g/mol. The van der Waals surface area contributed by atoms with Gasteiger partial charge >= 0.3 is 0 Å². The van der Waals surface area contributed by atoms with Crippen molar-refractivity contribution in [2.24, 2.45) is 0 Å². The molecule has 0 aliphatic carbocycles. The average molecular weight is 765 g/mol. The summed E-state index contributed by atoms with van der Waals surface area (Å²) in [5.41, 5.74) is 16.4. The van der Waals surface area contributed by atoms with Crippen LogP contribution in [0.5, 0.6) is 0 Å². The van der Waals surface area contributed by atoms with Gasteiger partial charge in [-0.25, -0.2) is 0 Å². The Morgan fingerprint density at radius 1 is 0.283 bits per heavy atom. The molecule has 0 bridgehead atoms. The van der Waals surface area contributed by atoms with Gasteiger partial charge in [-0.3, -0.25) is 0 Å². The van der Waals surface area contributed by atoms with Crippen molar-refractivity contribution in [1.29, 1.82) is 0 Å². The van der Waals surface area contributed by atoms with Gasteiger partial charge < -0.3 is 9.47 Å². The summed E-state index contributed by atoms with van der Waals surface area (Å²) in [6, 6.07) is 87.7. The van der Waals surface area contributed by atoms with Crippen molar-refractivity contribution in [2.45, 2.75) is 0 Å². The molecule has 2 nitrogen and oxygen atoms in total. The van der Waals surface area contributed by atoms with E-state index in [-0.39, 0.29) is 0 Å². The Balaban J connectivity index is 0.968. The number of nitrogens with zero attached hydrogens (tertiary/aromatic N) is 2. The summed E-state index contributed by atoms with van der Waals surface area (Å²) >= 11 is 0. The average Bonchev–Trinajstić information content (AvgIpc) is 3.68. The molecule has 0 fully saturated rings. The van der Waals surface area contributed by atoms with Gasteiger partial charge in [-0.05, 0) is 104 Å². The first-order chi connectivity index (χ1) is 29.8. The standard InChI is InChI=1S/C58H40N2/c1-3-15-41(16-4-1)42-27-34-47(35-28-42)59(55-25-13-11-22-52(55)43-17-5-2-6-18-43)48-36-29-45(30-37-48)50-20-9-10-21-51(50)46-31-38-49(39-32-46)60-56-26-14-12-24-54(56)58-53-23-8-7-19-44(53)33-40-57(58)60/h1-40H. The zero-order valence-electron chi connectivity index (χ0n) is 33.0. The maximum absolute atomic E-state index is 2.41. The van der Waals surface area contributed by atoms with Gasteiger partial charge in [-0.1, -0.05) is 188 Å². The normalized spacial score (nSPS) is 11.3. The highest BCUT2D eigenvalue weighted by Gasteiger charge is 2.19. The van der Waals surface area contributed by atoms with Gasteiger partial charge in [0, 0.05) is 33.4 Å². The zero-order valence-corrected chi connectivity index (χ0v) is 33.0. The number of fused-ring (bicyclic) bond motifs is 5. The minimum absolute atomic E-state index is 1.09. The first-order valence-electron chi connectivity index (χ1n) is 20.6. The molecule has 2 heteroatoms. The summed E-state index contributed by atoms with van der Waals surface area (Å²) in [5, 5.41) is 5.11. The number of para-hydroxylation sites is 2. The van der Waals surface area contributed by atoms with E-state index in [1.165, 1.54) is 77.1 Å². The van der Waals surface area contributed by atoms with Crippen molar-refractivity contribution in [3.05, 3.63) is 243 Å². The zero-order chi connectivity index (χ0) is 39.8. The maximum atomic E-state index is 2.41. The van der Waals surface area contributed by atoms with Crippen LogP contribution in [0.25, 0.3) is 82.8 Å². The van der Waals surface area contributed by atoms with E-state index in [2.05, 4.69) is 252 Å². The van der Waals surface area contributed by atoms with E-state index in [4.69, 9.17) is 0 Å². The SMILES string of the molecule is c1ccc(-c2ccc(N(c3ccc(-c4ccccc4-c4ccc(-n5c6ccccc6c6c7ccccc7ccc65)cc4)cc3)c3ccccc3-c3ccccc3)cc2)cc1. The molecule has 0 radical (unpaired) electrons. The Morgan fingerprint density at radius 3 is 1.42 bits per heavy atom. The lowest BCUT2D eigenvalue weighted by atomic mass is 9.94. The van der Waals surface area contributed by atoms with Crippen LogP contribution in [0.4, 0.5) is 17.1 Å². The molecule has 10 aromatic carbocycles. The van der Waals surface area contributed by atoms with Crippen molar-refractivity contribution >= 4 is 49.6 Å². The van der Waals surface area contributed by atoms with E-state index in [0.717, 1.165) is 22.7 Å². The Hall–Kier alpha value is -7.94. The van der Waals surface area contributed by atoms with E-state index in [0.29, 0.717) is 0 Å². The summed E-state index contributed by atoms with van der Waals surface area (Å²) in [4.78, 5) is 2.38. The summed E-state index contributed by atoms with van der Waals surface area (Å²) in [6.07, 6.45) is 0. The molecule has 0 N–H and O–H groups in total. The fourth-order valence-corrected chi connectivity index (χ4v) is 8.98. The second kappa shape index (κ2) is 15.1. The number of aromatic nitrogens is 1. The molecule has 0 amide bonds. The van der Waals surface area contributed by atoms with Crippen molar-refractivity contribution in [3.63, 3.8) is 0 Å². The van der Waals surface area contributed by atoms with Crippen LogP contribution in [0.15, 0.2) is 243 Å².